The summed E-state index contributed by atoms with van der Waals surface area (Å²) in [4.78, 5) is 0. The molecule has 0 spiro atoms. The Balaban J connectivity index is 2.16. The van der Waals surface area contributed by atoms with Crippen LogP contribution in [0.15, 0.2) is 66.7 Å². The molecule has 0 saturated carbocycles. The minimum absolute atomic E-state index is 0.829. The molecule has 0 aromatic heterocycles. The van der Waals surface area contributed by atoms with E-state index < -0.39 is 21.4 Å². The van der Waals surface area contributed by atoms with E-state index >= 15 is 0 Å². The summed E-state index contributed by atoms with van der Waals surface area (Å²) in [6.45, 7) is 10.7. The zero-order chi connectivity index (χ0) is 23.5. The molecule has 0 unspecified atom stereocenters. The molecule has 32 heavy (non-hydrogen) atoms. The first-order chi connectivity index (χ1) is 14.8. The van der Waals surface area contributed by atoms with E-state index in [2.05, 4.69) is 6.07 Å². The maximum absolute atomic E-state index is 13.5. The van der Waals surface area contributed by atoms with Crippen LogP contribution in [0.4, 0.5) is 0 Å². The molecule has 0 aliphatic rings. The normalized spacial score (nSPS) is 13.1. The Hall–Kier alpha value is -1.91. The third-order valence-corrected chi connectivity index (χ3v) is 10.5. The molecule has 3 nitrogen and oxygen atoms in total. The van der Waals surface area contributed by atoms with Crippen molar-refractivity contribution in [3.63, 3.8) is 0 Å². The molecule has 0 aliphatic heterocycles. The Morgan fingerprint density at radius 3 is 1.50 bits per heavy atom. The fourth-order valence-corrected chi connectivity index (χ4v) is 8.48. The van der Waals surface area contributed by atoms with Gasteiger partial charge in [0.1, 0.15) is 21.4 Å². The van der Waals surface area contributed by atoms with Crippen molar-refractivity contribution < 1.29 is 13.7 Å². The molecule has 0 fully saturated rings. The van der Waals surface area contributed by atoms with E-state index in [1.165, 1.54) is 0 Å². The monoisotopic (exact) mass is 482 g/mol. The third kappa shape index (κ3) is 4.20. The van der Waals surface area contributed by atoms with Gasteiger partial charge in [0.15, 0.2) is 0 Å². The van der Waals surface area contributed by atoms with Crippen LogP contribution < -0.4 is 15.9 Å². The highest BCUT2D eigenvalue weighted by Gasteiger charge is 2.26. The van der Waals surface area contributed by atoms with Crippen LogP contribution in [0.25, 0.3) is 32.7 Å². The van der Waals surface area contributed by atoms with Crippen molar-refractivity contribution in [3.8, 4) is 11.1 Å². The molecule has 6 heteroatoms. The average molecular weight is 482 g/mol. The van der Waals surface area contributed by atoms with Gasteiger partial charge in [0.25, 0.3) is 0 Å². The number of rotatable bonds is 4. The van der Waals surface area contributed by atoms with Gasteiger partial charge in [-0.25, -0.2) is 0 Å². The SMILES string of the molecule is CP(C)(=O)c1cccc(-c2ccc3c(P(C)(C)=O)c4ccccc4c(P(C)(C)=O)c3c2)c1. The van der Waals surface area contributed by atoms with Crippen molar-refractivity contribution in [2.75, 3.05) is 40.0 Å². The van der Waals surface area contributed by atoms with Crippen molar-refractivity contribution in [3.05, 3.63) is 66.7 Å². The van der Waals surface area contributed by atoms with Gasteiger partial charge in [-0.1, -0.05) is 54.6 Å². The van der Waals surface area contributed by atoms with Crippen LogP contribution >= 0.6 is 21.4 Å². The lowest BCUT2D eigenvalue weighted by atomic mass is 9.98. The third-order valence-electron chi connectivity index (χ3n) is 5.85. The molecule has 0 radical (unpaired) electrons. The van der Waals surface area contributed by atoms with Gasteiger partial charge < -0.3 is 13.7 Å². The van der Waals surface area contributed by atoms with Crippen LogP contribution in [0, 0.1) is 0 Å². The highest BCUT2D eigenvalue weighted by Crippen LogP contribution is 2.46. The summed E-state index contributed by atoms with van der Waals surface area (Å²) in [5.74, 6) is 0. The Morgan fingerprint density at radius 2 is 0.969 bits per heavy atom. The van der Waals surface area contributed by atoms with Gasteiger partial charge in [-0.05, 0) is 84.8 Å². The van der Waals surface area contributed by atoms with Gasteiger partial charge in [-0.3, -0.25) is 0 Å². The molecule has 0 aliphatic carbocycles. The van der Waals surface area contributed by atoms with Crippen LogP contribution in [0.3, 0.4) is 0 Å². The van der Waals surface area contributed by atoms with E-state index in [0.29, 0.717) is 0 Å². The molecule has 166 valence electrons. The minimum Gasteiger partial charge on any atom is -0.319 e. The molecule has 0 saturated heterocycles. The molecule has 0 bridgehead atoms. The molecule has 4 aromatic rings. The lowest BCUT2D eigenvalue weighted by Crippen LogP contribution is -2.16. The van der Waals surface area contributed by atoms with Crippen LogP contribution in [-0.2, 0) is 13.7 Å². The summed E-state index contributed by atoms with van der Waals surface area (Å²) < 4.78 is 39.6. The van der Waals surface area contributed by atoms with Crippen LogP contribution in [0.1, 0.15) is 0 Å². The number of fused-ring (bicyclic) bond motifs is 2. The summed E-state index contributed by atoms with van der Waals surface area (Å²) in [6.07, 6.45) is 0. The highest BCUT2D eigenvalue weighted by atomic mass is 31.2. The second kappa shape index (κ2) is 7.85. The first kappa shape index (κ1) is 23.3. The Labute approximate surface area is 190 Å². The topological polar surface area (TPSA) is 51.2 Å². The van der Waals surface area contributed by atoms with Gasteiger partial charge in [-0.15, -0.1) is 0 Å². The smallest absolute Gasteiger partial charge is 0.111 e. The Bertz CT molecular complexity index is 1520. The number of hydrogen-bond acceptors (Lipinski definition) is 3. The van der Waals surface area contributed by atoms with Crippen molar-refractivity contribution in [1.82, 2.24) is 0 Å². The zero-order valence-corrected chi connectivity index (χ0v) is 22.1. The van der Waals surface area contributed by atoms with E-state index in [9.17, 15) is 13.7 Å². The molecule has 0 N–H and O–H groups in total. The van der Waals surface area contributed by atoms with Crippen LogP contribution in [0.5, 0.6) is 0 Å². The maximum Gasteiger partial charge on any atom is 0.111 e. The quantitative estimate of drug-likeness (QED) is 0.250. The highest BCUT2D eigenvalue weighted by molar-refractivity contribution is 7.72. The summed E-state index contributed by atoms with van der Waals surface area (Å²) in [7, 11) is -7.68. The summed E-state index contributed by atoms with van der Waals surface area (Å²) in [6, 6.07) is 21.8. The van der Waals surface area contributed by atoms with E-state index in [-0.39, 0.29) is 0 Å². The van der Waals surface area contributed by atoms with E-state index in [1.54, 1.807) is 40.0 Å². The molecule has 4 rings (SSSR count). The summed E-state index contributed by atoms with van der Waals surface area (Å²) >= 11 is 0. The minimum atomic E-state index is -2.66. The lowest BCUT2D eigenvalue weighted by molar-refractivity contribution is 0.587. The summed E-state index contributed by atoms with van der Waals surface area (Å²) in [5.41, 5.74) is 1.93. The van der Waals surface area contributed by atoms with Gasteiger partial charge >= 0.3 is 0 Å². The molecule has 0 atom stereocenters. The molecule has 0 heterocycles. The molecular formula is C26H29O3P3. The zero-order valence-electron chi connectivity index (χ0n) is 19.4. The van der Waals surface area contributed by atoms with E-state index in [4.69, 9.17) is 0 Å². The van der Waals surface area contributed by atoms with Crippen LogP contribution in [0.2, 0.25) is 0 Å². The second-order valence-electron chi connectivity index (χ2n) is 9.61. The summed E-state index contributed by atoms with van der Waals surface area (Å²) in [5, 5.41) is 6.10. The fourth-order valence-electron chi connectivity index (χ4n) is 4.49. The van der Waals surface area contributed by atoms with Crippen molar-refractivity contribution in [1.29, 1.82) is 0 Å². The largest absolute Gasteiger partial charge is 0.319 e. The number of hydrogen-bond donors (Lipinski definition) is 0. The maximum atomic E-state index is 13.5. The first-order valence-corrected chi connectivity index (χ1v) is 18.3. The van der Waals surface area contributed by atoms with Gasteiger partial charge in [0.05, 0.1) is 0 Å². The predicted molar refractivity (Wildman–Crippen MR) is 144 cm³/mol. The lowest BCUT2D eigenvalue weighted by Gasteiger charge is -2.22. The van der Waals surface area contributed by atoms with Crippen molar-refractivity contribution in [2.24, 2.45) is 0 Å². The van der Waals surface area contributed by atoms with Gasteiger partial charge in [0, 0.05) is 15.9 Å². The first-order valence-electron chi connectivity index (χ1n) is 10.5. The van der Waals surface area contributed by atoms with E-state index in [0.717, 1.165) is 48.6 Å². The van der Waals surface area contributed by atoms with Gasteiger partial charge in [0.2, 0.25) is 0 Å². The molecular weight excluding hydrogens is 453 g/mol. The molecule has 0 amide bonds. The Kier molecular flexibility index (Phi) is 5.70. The average Bonchev–Trinajstić information content (AvgIpc) is 2.69. The van der Waals surface area contributed by atoms with Crippen molar-refractivity contribution >= 4 is 58.9 Å². The van der Waals surface area contributed by atoms with E-state index in [1.807, 2.05) is 60.7 Å². The number of benzene rings is 4. The standard InChI is InChI=1S/C26H29O3P3/c1-30(2,27)20-11-9-10-18(16-20)19-14-15-23-24(17-19)26(32(5,6)29)22-13-8-7-12-21(22)25(23)31(3,4)28/h7-17H,1-6H3. The molecule has 4 aromatic carbocycles. The fraction of sp³-hybridized carbons (Fsp3) is 0.231. The van der Waals surface area contributed by atoms with Crippen LogP contribution in [-0.4, -0.2) is 40.0 Å². The van der Waals surface area contributed by atoms with Crippen molar-refractivity contribution in [2.45, 2.75) is 0 Å². The predicted octanol–water partition coefficient (Wildman–Crippen LogP) is 6.40. The van der Waals surface area contributed by atoms with Gasteiger partial charge in [-0.2, -0.15) is 0 Å². The second-order valence-corrected chi connectivity index (χ2v) is 19.1. The Morgan fingerprint density at radius 1 is 0.469 bits per heavy atom.